The first-order chi connectivity index (χ1) is 14.2. The number of nitrogens with zero attached hydrogens (tertiary/aromatic N) is 3. The molecular formula is C24H26N4O. The average molecular weight is 386 g/mol. The number of benzene rings is 2. The lowest BCUT2D eigenvalue weighted by Crippen LogP contribution is -2.24. The lowest BCUT2D eigenvalue weighted by molar-refractivity contribution is 0.0945. The molecule has 1 saturated heterocycles. The lowest BCUT2D eigenvalue weighted by Gasteiger charge is -2.15. The molecule has 2 aromatic carbocycles. The predicted octanol–water partition coefficient (Wildman–Crippen LogP) is 3.98. The molecule has 1 amide bonds. The van der Waals surface area contributed by atoms with Crippen molar-refractivity contribution in [3.05, 3.63) is 83.4 Å². The van der Waals surface area contributed by atoms with Gasteiger partial charge in [0.2, 0.25) is 0 Å². The monoisotopic (exact) mass is 386 g/mol. The van der Waals surface area contributed by atoms with Crippen molar-refractivity contribution < 1.29 is 4.79 Å². The number of rotatable bonds is 6. The van der Waals surface area contributed by atoms with E-state index in [2.05, 4.69) is 56.6 Å². The van der Waals surface area contributed by atoms with Gasteiger partial charge in [0.1, 0.15) is 5.69 Å². The number of nitrogens with one attached hydrogen (secondary N) is 1. The number of aryl methyl sites for hydroxylation is 1. The maximum Gasteiger partial charge on any atom is 0.271 e. The third-order valence-corrected chi connectivity index (χ3v) is 5.34. The molecule has 1 aliphatic rings. The highest BCUT2D eigenvalue weighted by molar-refractivity contribution is 5.92. The Morgan fingerprint density at radius 3 is 2.48 bits per heavy atom. The first-order valence-corrected chi connectivity index (χ1v) is 10.2. The number of hydrogen-bond acceptors (Lipinski definition) is 4. The zero-order chi connectivity index (χ0) is 20.1. The summed E-state index contributed by atoms with van der Waals surface area (Å²) in [5.41, 5.74) is 5.85. The van der Waals surface area contributed by atoms with Crippen LogP contribution in [0.3, 0.4) is 0 Å². The van der Waals surface area contributed by atoms with Crippen LogP contribution in [0.25, 0.3) is 11.1 Å². The fourth-order valence-electron chi connectivity index (χ4n) is 3.72. The third kappa shape index (κ3) is 4.87. The summed E-state index contributed by atoms with van der Waals surface area (Å²) in [6, 6.07) is 17.0. The summed E-state index contributed by atoms with van der Waals surface area (Å²) in [7, 11) is 0. The summed E-state index contributed by atoms with van der Waals surface area (Å²) in [6.07, 6.45) is 5.74. The Bertz CT molecular complexity index is 961. The molecule has 0 spiro atoms. The van der Waals surface area contributed by atoms with Crippen molar-refractivity contribution >= 4 is 5.91 Å². The van der Waals surface area contributed by atoms with Crippen LogP contribution in [-0.2, 0) is 13.1 Å². The molecule has 148 valence electrons. The van der Waals surface area contributed by atoms with Gasteiger partial charge >= 0.3 is 0 Å². The molecule has 1 N–H and O–H groups in total. The molecule has 1 aromatic heterocycles. The number of hydrogen-bond donors (Lipinski definition) is 1. The Labute approximate surface area is 171 Å². The van der Waals surface area contributed by atoms with Crippen LogP contribution in [0, 0.1) is 6.92 Å². The van der Waals surface area contributed by atoms with Crippen molar-refractivity contribution in [1.82, 2.24) is 20.2 Å². The minimum Gasteiger partial charge on any atom is -0.347 e. The van der Waals surface area contributed by atoms with Crippen molar-refractivity contribution in [2.45, 2.75) is 32.9 Å². The molecule has 0 radical (unpaired) electrons. The molecule has 4 rings (SSSR count). The Balaban J connectivity index is 1.45. The largest absolute Gasteiger partial charge is 0.347 e. The van der Waals surface area contributed by atoms with Crippen molar-refractivity contribution in [3.8, 4) is 11.1 Å². The highest BCUT2D eigenvalue weighted by Gasteiger charge is 2.13. The molecule has 5 heteroatoms. The lowest BCUT2D eigenvalue weighted by atomic mass is 9.98. The van der Waals surface area contributed by atoms with E-state index in [-0.39, 0.29) is 5.91 Å². The van der Waals surface area contributed by atoms with Gasteiger partial charge in [-0.2, -0.15) is 0 Å². The SMILES string of the molecule is Cc1cnc(C(=O)NCc2ccccc2-c2ccc(CN3CCCC3)cc2)cn1. The minimum absolute atomic E-state index is 0.215. The third-order valence-electron chi connectivity index (χ3n) is 5.34. The molecule has 0 aliphatic carbocycles. The van der Waals surface area contributed by atoms with E-state index in [1.807, 2.05) is 19.1 Å². The second-order valence-corrected chi connectivity index (χ2v) is 7.56. The Hall–Kier alpha value is -3.05. The Kier molecular flexibility index (Phi) is 5.96. The van der Waals surface area contributed by atoms with E-state index in [9.17, 15) is 4.79 Å². The smallest absolute Gasteiger partial charge is 0.271 e. The number of carbonyl (C=O) groups is 1. The minimum atomic E-state index is -0.215. The van der Waals surface area contributed by atoms with Crippen LogP contribution < -0.4 is 5.32 Å². The van der Waals surface area contributed by atoms with Gasteiger partial charge in [-0.05, 0) is 55.1 Å². The number of carbonyl (C=O) groups excluding carboxylic acids is 1. The van der Waals surface area contributed by atoms with E-state index in [1.165, 1.54) is 37.7 Å². The molecule has 0 saturated carbocycles. The molecule has 3 aromatic rings. The van der Waals surface area contributed by atoms with Crippen molar-refractivity contribution in [2.24, 2.45) is 0 Å². The van der Waals surface area contributed by atoms with Crippen LogP contribution >= 0.6 is 0 Å². The Morgan fingerprint density at radius 2 is 1.76 bits per heavy atom. The summed E-state index contributed by atoms with van der Waals surface area (Å²) < 4.78 is 0. The highest BCUT2D eigenvalue weighted by atomic mass is 16.1. The second kappa shape index (κ2) is 8.97. The molecule has 0 unspecified atom stereocenters. The maximum atomic E-state index is 12.4. The fourth-order valence-corrected chi connectivity index (χ4v) is 3.72. The number of amides is 1. The maximum absolute atomic E-state index is 12.4. The predicted molar refractivity (Wildman–Crippen MR) is 114 cm³/mol. The van der Waals surface area contributed by atoms with Gasteiger partial charge in [0.25, 0.3) is 5.91 Å². The molecular weight excluding hydrogens is 360 g/mol. The first kappa shape index (κ1) is 19.3. The van der Waals surface area contributed by atoms with Gasteiger partial charge in [-0.1, -0.05) is 48.5 Å². The summed E-state index contributed by atoms with van der Waals surface area (Å²) in [5.74, 6) is -0.215. The highest BCUT2D eigenvalue weighted by Crippen LogP contribution is 2.25. The number of aromatic nitrogens is 2. The van der Waals surface area contributed by atoms with Gasteiger partial charge in [0.15, 0.2) is 0 Å². The first-order valence-electron chi connectivity index (χ1n) is 10.2. The van der Waals surface area contributed by atoms with Gasteiger partial charge < -0.3 is 5.32 Å². The molecule has 2 heterocycles. The van der Waals surface area contributed by atoms with Crippen LogP contribution in [0.2, 0.25) is 0 Å². The standard InChI is InChI=1S/C24H26N4O/c1-18-14-26-23(16-25-18)24(29)27-15-21-6-2-3-7-22(21)20-10-8-19(9-11-20)17-28-12-4-5-13-28/h2-3,6-11,14,16H,4-5,12-13,15,17H2,1H3,(H,27,29). The summed E-state index contributed by atoms with van der Waals surface area (Å²) in [6.45, 7) is 5.72. The normalized spacial score (nSPS) is 14.1. The van der Waals surface area contributed by atoms with Crippen LogP contribution in [0.5, 0.6) is 0 Å². The summed E-state index contributed by atoms with van der Waals surface area (Å²) in [5, 5.41) is 2.96. The Morgan fingerprint density at radius 1 is 1.00 bits per heavy atom. The van der Waals surface area contributed by atoms with Crippen LogP contribution in [-0.4, -0.2) is 33.9 Å². The van der Waals surface area contributed by atoms with Crippen LogP contribution in [0.4, 0.5) is 0 Å². The number of likely N-dealkylation sites (tertiary alicyclic amines) is 1. The van der Waals surface area contributed by atoms with Gasteiger partial charge in [-0.3, -0.25) is 14.7 Å². The van der Waals surface area contributed by atoms with E-state index in [0.717, 1.165) is 28.9 Å². The van der Waals surface area contributed by atoms with Gasteiger partial charge in [-0.25, -0.2) is 4.98 Å². The van der Waals surface area contributed by atoms with E-state index >= 15 is 0 Å². The second-order valence-electron chi connectivity index (χ2n) is 7.56. The average Bonchev–Trinajstić information content (AvgIpc) is 3.26. The van der Waals surface area contributed by atoms with Gasteiger partial charge in [0.05, 0.1) is 11.9 Å². The zero-order valence-corrected chi connectivity index (χ0v) is 16.8. The van der Waals surface area contributed by atoms with Gasteiger partial charge in [-0.15, -0.1) is 0 Å². The van der Waals surface area contributed by atoms with Crippen molar-refractivity contribution in [1.29, 1.82) is 0 Å². The fraction of sp³-hybridized carbons (Fsp3) is 0.292. The van der Waals surface area contributed by atoms with Gasteiger partial charge in [0, 0.05) is 19.3 Å². The van der Waals surface area contributed by atoms with E-state index in [4.69, 9.17) is 0 Å². The van der Waals surface area contributed by atoms with Crippen molar-refractivity contribution in [2.75, 3.05) is 13.1 Å². The van der Waals surface area contributed by atoms with E-state index in [0.29, 0.717) is 12.2 Å². The molecule has 5 nitrogen and oxygen atoms in total. The molecule has 29 heavy (non-hydrogen) atoms. The molecule has 1 aliphatic heterocycles. The quantitative estimate of drug-likeness (QED) is 0.696. The van der Waals surface area contributed by atoms with Crippen LogP contribution in [0.15, 0.2) is 60.9 Å². The topological polar surface area (TPSA) is 58.1 Å². The van der Waals surface area contributed by atoms with Crippen molar-refractivity contribution in [3.63, 3.8) is 0 Å². The zero-order valence-electron chi connectivity index (χ0n) is 16.8. The van der Waals surface area contributed by atoms with E-state index in [1.54, 1.807) is 6.20 Å². The molecule has 0 bridgehead atoms. The summed E-state index contributed by atoms with van der Waals surface area (Å²) in [4.78, 5) is 23.2. The van der Waals surface area contributed by atoms with E-state index < -0.39 is 0 Å². The molecule has 0 atom stereocenters. The summed E-state index contributed by atoms with van der Waals surface area (Å²) >= 11 is 0. The molecule has 1 fully saturated rings. The van der Waals surface area contributed by atoms with Crippen LogP contribution in [0.1, 0.15) is 40.2 Å².